The first-order valence-corrected chi connectivity index (χ1v) is 11.5. The van der Waals surface area contributed by atoms with Gasteiger partial charge in [-0.2, -0.15) is 4.31 Å². The molecule has 0 aliphatic carbocycles. The van der Waals surface area contributed by atoms with E-state index in [9.17, 15) is 18.3 Å². The second kappa shape index (κ2) is 7.71. The summed E-state index contributed by atoms with van der Waals surface area (Å²) >= 11 is 0. The number of piperidine rings is 1. The molecule has 2 bridgehead atoms. The Kier molecular flexibility index (Phi) is 5.93. The first-order chi connectivity index (χ1) is 12.3. The number of hydrogen-bond acceptors (Lipinski definition) is 6. The summed E-state index contributed by atoms with van der Waals surface area (Å²) in [6.07, 6.45) is 6.05. The topological polar surface area (TPSA) is 107 Å². The van der Waals surface area contributed by atoms with Crippen molar-refractivity contribution in [3.8, 4) is 0 Å². The van der Waals surface area contributed by atoms with Crippen molar-refractivity contribution in [2.24, 2.45) is 11.7 Å². The van der Waals surface area contributed by atoms with Crippen LogP contribution in [0.4, 0.5) is 0 Å². The fourth-order valence-corrected chi connectivity index (χ4v) is 5.85. The number of sulfonamides is 1. The van der Waals surface area contributed by atoms with Crippen molar-refractivity contribution in [2.75, 3.05) is 52.1 Å². The first kappa shape index (κ1) is 20.0. The summed E-state index contributed by atoms with van der Waals surface area (Å²) in [6.45, 7) is 3.79. The third kappa shape index (κ3) is 3.91. The van der Waals surface area contributed by atoms with Crippen LogP contribution in [0.5, 0.6) is 0 Å². The maximum atomic E-state index is 12.2. The van der Waals surface area contributed by atoms with E-state index in [1.54, 1.807) is 0 Å². The number of rotatable bonds is 7. The molecule has 3 fully saturated rings. The normalized spacial score (nSPS) is 32.6. The predicted octanol–water partition coefficient (Wildman–Crippen LogP) is -0.955. The number of aliphatic hydroxyl groups excluding tert-OH is 1. The molecule has 3 atom stereocenters. The lowest BCUT2D eigenvalue weighted by Crippen LogP contribution is -2.60. The van der Waals surface area contributed by atoms with Crippen LogP contribution in [0.2, 0.25) is 0 Å². The Bertz CT molecular complexity index is 616. The summed E-state index contributed by atoms with van der Waals surface area (Å²) in [7, 11) is -3.13. The second-order valence-electron chi connectivity index (χ2n) is 8.14. The van der Waals surface area contributed by atoms with Gasteiger partial charge in [-0.3, -0.25) is 9.69 Å². The smallest absolute Gasteiger partial charge is 0.237 e. The monoisotopic (exact) mass is 388 g/mol. The maximum absolute atomic E-state index is 12.2. The van der Waals surface area contributed by atoms with Crippen LogP contribution in [0.25, 0.3) is 0 Å². The molecule has 3 aliphatic heterocycles. The number of hydrogen-bond donors (Lipinski definition) is 2. The molecular formula is C17H32N4O4S. The molecule has 8 nitrogen and oxygen atoms in total. The minimum absolute atomic E-state index is 0.0391. The molecule has 26 heavy (non-hydrogen) atoms. The van der Waals surface area contributed by atoms with Crippen LogP contribution >= 0.6 is 0 Å². The van der Waals surface area contributed by atoms with Gasteiger partial charge in [-0.15, -0.1) is 0 Å². The van der Waals surface area contributed by atoms with Crippen LogP contribution in [0.15, 0.2) is 0 Å². The Balaban J connectivity index is 1.59. The Morgan fingerprint density at radius 2 is 1.88 bits per heavy atom. The molecule has 1 amide bonds. The summed E-state index contributed by atoms with van der Waals surface area (Å²) in [6, 6.07) is 0.396. The van der Waals surface area contributed by atoms with Gasteiger partial charge in [0.15, 0.2) is 0 Å². The molecule has 3 N–H and O–H groups in total. The molecule has 3 aliphatic rings. The van der Waals surface area contributed by atoms with Crippen molar-refractivity contribution in [2.45, 2.75) is 43.7 Å². The predicted molar refractivity (Wildman–Crippen MR) is 98.9 cm³/mol. The average Bonchev–Trinajstić information content (AvgIpc) is 2.79. The van der Waals surface area contributed by atoms with Crippen LogP contribution in [0.1, 0.15) is 32.1 Å². The van der Waals surface area contributed by atoms with E-state index < -0.39 is 15.6 Å². The van der Waals surface area contributed by atoms with Gasteiger partial charge in [0.05, 0.1) is 6.26 Å². The first-order valence-electron chi connectivity index (χ1n) is 9.61. The highest BCUT2D eigenvalue weighted by Gasteiger charge is 2.52. The minimum Gasteiger partial charge on any atom is -0.396 e. The lowest BCUT2D eigenvalue weighted by Gasteiger charge is -2.45. The molecule has 9 heteroatoms. The van der Waals surface area contributed by atoms with E-state index in [-0.39, 0.29) is 18.4 Å². The lowest BCUT2D eigenvalue weighted by atomic mass is 9.86. The third-order valence-corrected chi connectivity index (χ3v) is 7.80. The fraction of sp³-hybridized carbons (Fsp3) is 0.941. The van der Waals surface area contributed by atoms with E-state index in [2.05, 4.69) is 9.80 Å². The molecule has 0 radical (unpaired) electrons. The van der Waals surface area contributed by atoms with Crippen LogP contribution in [-0.4, -0.2) is 97.2 Å². The van der Waals surface area contributed by atoms with Gasteiger partial charge in [0.25, 0.3) is 0 Å². The van der Waals surface area contributed by atoms with Crippen molar-refractivity contribution in [1.29, 1.82) is 0 Å². The molecule has 0 aromatic rings. The van der Waals surface area contributed by atoms with Gasteiger partial charge in [-0.25, -0.2) is 8.42 Å². The molecule has 150 valence electrons. The van der Waals surface area contributed by atoms with Gasteiger partial charge >= 0.3 is 0 Å². The number of piperazine rings is 1. The highest BCUT2D eigenvalue weighted by molar-refractivity contribution is 7.88. The van der Waals surface area contributed by atoms with Crippen molar-refractivity contribution in [3.05, 3.63) is 0 Å². The van der Waals surface area contributed by atoms with E-state index in [1.165, 1.54) is 10.6 Å². The van der Waals surface area contributed by atoms with E-state index in [1.807, 2.05) is 0 Å². The van der Waals surface area contributed by atoms with Crippen LogP contribution in [0.3, 0.4) is 0 Å². The van der Waals surface area contributed by atoms with Gasteiger partial charge < -0.3 is 15.7 Å². The SMILES string of the molecule is CS(=O)(=O)N1CCN(CC(CO)CN2[C@@H]3CCC[C@@]2(C(N)=O)CC3)CC1. The lowest BCUT2D eigenvalue weighted by molar-refractivity contribution is -0.132. The molecule has 0 aromatic carbocycles. The van der Waals surface area contributed by atoms with Crippen LogP contribution < -0.4 is 5.73 Å². The average molecular weight is 389 g/mol. The van der Waals surface area contributed by atoms with E-state index >= 15 is 0 Å². The van der Waals surface area contributed by atoms with Crippen LogP contribution in [0, 0.1) is 5.92 Å². The van der Waals surface area contributed by atoms with Crippen molar-refractivity contribution in [3.63, 3.8) is 0 Å². The number of nitrogens with two attached hydrogens (primary N) is 1. The molecule has 0 spiro atoms. The van der Waals surface area contributed by atoms with Crippen molar-refractivity contribution < 1.29 is 18.3 Å². The zero-order chi connectivity index (χ0) is 18.9. The van der Waals surface area contributed by atoms with Crippen LogP contribution in [-0.2, 0) is 14.8 Å². The van der Waals surface area contributed by atoms with Gasteiger partial charge in [-0.1, -0.05) is 0 Å². The number of carbonyl (C=O) groups is 1. The summed E-state index contributed by atoms with van der Waals surface area (Å²) in [5.41, 5.74) is 5.25. The van der Waals surface area contributed by atoms with E-state index in [0.29, 0.717) is 45.3 Å². The Hall–Kier alpha value is -0.740. The van der Waals surface area contributed by atoms with E-state index in [0.717, 1.165) is 32.1 Å². The molecule has 0 aromatic heterocycles. The van der Waals surface area contributed by atoms with Crippen molar-refractivity contribution in [1.82, 2.24) is 14.1 Å². The summed E-state index contributed by atoms with van der Waals surface area (Å²) in [5.74, 6) is -0.185. The number of amides is 1. The van der Waals surface area contributed by atoms with Crippen molar-refractivity contribution >= 4 is 15.9 Å². The highest BCUT2D eigenvalue weighted by atomic mass is 32.2. The molecule has 3 rings (SSSR count). The largest absolute Gasteiger partial charge is 0.396 e. The quantitative estimate of drug-likeness (QED) is 0.582. The zero-order valence-corrected chi connectivity index (χ0v) is 16.5. The number of primary amides is 1. The van der Waals surface area contributed by atoms with Gasteiger partial charge in [-0.05, 0) is 32.1 Å². The zero-order valence-electron chi connectivity index (χ0n) is 15.6. The molecular weight excluding hydrogens is 356 g/mol. The fourth-order valence-electron chi connectivity index (χ4n) is 5.03. The number of aliphatic hydroxyl groups is 1. The minimum atomic E-state index is -3.13. The number of fused-ring (bicyclic) bond motifs is 2. The standard InChI is InChI=1S/C17H32N4O4S/c1-26(24,25)20-9-7-19(8-10-20)11-14(13-22)12-21-15-3-2-5-17(21,6-4-15)16(18)23/h14-15,22H,2-13H2,1H3,(H2,18,23)/t14?,15-,17+/m1/s1. The van der Waals surface area contributed by atoms with Gasteiger partial charge in [0.1, 0.15) is 5.54 Å². The summed E-state index contributed by atoms with van der Waals surface area (Å²) in [4.78, 5) is 16.7. The van der Waals surface area contributed by atoms with E-state index in [4.69, 9.17) is 5.73 Å². The van der Waals surface area contributed by atoms with Gasteiger partial charge in [0.2, 0.25) is 15.9 Å². The molecule has 3 heterocycles. The Morgan fingerprint density at radius 1 is 1.19 bits per heavy atom. The highest BCUT2D eigenvalue weighted by Crippen LogP contribution is 2.44. The van der Waals surface area contributed by atoms with Gasteiger partial charge in [0, 0.05) is 57.8 Å². The molecule has 0 saturated carbocycles. The molecule has 1 unspecified atom stereocenters. The summed E-state index contributed by atoms with van der Waals surface area (Å²) in [5, 5.41) is 9.91. The number of nitrogens with zero attached hydrogens (tertiary/aromatic N) is 3. The summed E-state index contributed by atoms with van der Waals surface area (Å²) < 4.78 is 24.8. The molecule has 3 saturated heterocycles. The Labute approximate surface area is 156 Å². The third-order valence-electron chi connectivity index (χ3n) is 6.50. The second-order valence-corrected chi connectivity index (χ2v) is 10.1. The number of carbonyl (C=O) groups excluding carboxylic acids is 1. The maximum Gasteiger partial charge on any atom is 0.237 e. The Morgan fingerprint density at radius 3 is 2.46 bits per heavy atom.